The SMILES string of the molecule is O=C(NCc1ccccn1)C1CN(C(=O)c2ccc3cc[nH]c3c2)CC12CCC2. The van der Waals surface area contributed by atoms with Crippen molar-refractivity contribution in [1.29, 1.82) is 0 Å². The van der Waals surface area contributed by atoms with Crippen LogP contribution in [0.25, 0.3) is 10.9 Å². The number of amides is 2. The Balaban J connectivity index is 1.31. The molecule has 1 saturated heterocycles. The van der Waals surface area contributed by atoms with E-state index >= 15 is 0 Å². The zero-order chi connectivity index (χ0) is 19.8. The Labute approximate surface area is 169 Å². The number of carbonyl (C=O) groups excluding carboxylic acids is 2. The molecule has 2 fully saturated rings. The Kier molecular flexibility index (Phi) is 4.34. The van der Waals surface area contributed by atoms with Crippen molar-refractivity contribution in [2.24, 2.45) is 11.3 Å². The van der Waals surface area contributed by atoms with Crippen LogP contribution >= 0.6 is 0 Å². The van der Waals surface area contributed by atoms with Crippen LogP contribution in [0.15, 0.2) is 54.9 Å². The minimum Gasteiger partial charge on any atom is -0.361 e. The molecule has 1 saturated carbocycles. The summed E-state index contributed by atoms with van der Waals surface area (Å²) in [7, 11) is 0. The maximum Gasteiger partial charge on any atom is 0.253 e. The van der Waals surface area contributed by atoms with Gasteiger partial charge in [-0.3, -0.25) is 14.6 Å². The molecule has 5 rings (SSSR count). The number of rotatable bonds is 4. The van der Waals surface area contributed by atoms with Crippen LogP contribution < -0.4 is 5.32 Å². The quantitative estimate of drug-likeness (QED) is 0.721. The number of hydrogen-bond donors (Lipinski definition) is 2. The van der Waals surface area contributed by atoms with Gasteiger partial charge in [0, 0.05) is 42.0 Å². The van der Waals surface area contributed by atoms with Gasteiger partial charge >= 0.3 is 0 Å². The van der Waals surface area contributed by atoms with Gasteiger partial charge < -0.3 is 15.2 Å². The number of pyridine rings is 1. The Morgan fingerprint density at radius 3 is 2.86 bits per heavy atom. The Morgan fingerprint density at radius 2 is 2.10 bits per heavy atom. The highest BCUT2D eigenvalue weighted by molar-refractivity contribution is 5.98. The number of nitrogens with one attached hydrogen (secondary N) is 2. The zero-order valence-electron chi connectivity index (χ0n) is 16.2. The summed E-state index contributed by atoms with van der Waals surface area (Å²) in [4.78, 5) is 35.4. The highest BCUT2D eigenvalue weighted by Gasteiger charge is 2.54. The van der Waals surface area contributed by atoms with Crippen molar-refractivity contribution in [1.82, 2.24) is 20.2 Å². The van der Waals surface area contributed by atoms with E-state index in [1.54, 1.807) is 6.20 Å². The smallest absolute Gasteiger partial charge is 0.253 e. The van der Waals surface area contributed by atoms with Crippen molar-refractivity contribution in [3.8, 4) is 0 Å². The number of fused-ring (bicyclic) bond motifs is 1. The van der Waals surface area contributed by atoms with Crippen molar-refractivity contribution in [3.63, 3.8) is 0 Å². The Bertz CT molecular complexity index is 1050. The van der Waals surface area contributed by atoms with Crippen molar-refractivity contribution in [2.45, 2.75) is 25.8 Å². The molecule has 1 spiro atoms. The standard InChI is InChI=1S/C23H24N4O2/c28-21(26-13-18-4-1-2-10-24-18)19-14-27(15-23(19)8-3-9-23)22(29)17-6-5-16-7-11-25-20(16)12-17/h1-2,4-7,10-12,19,25H,3,8-9,13-15H2,(H,26,28). The van der Waals surface area contributed by atoms with Gasteiger partial charge in [-0.15, -0.1) is 0 Å². The monoisotopic (exact) mass is 388 g/mol. The van der Waals surface area contributed by atoms with E-state index in [1.165, 1.54) is 0 Å². The lowest BCUT2D eigenvalue weighted by Gasteiger charge is -2.41. The topological polar surface area (TPSA) is 78.1 Å². The molecule has 2 N–H and O–H groups in total. The molecule has 1 unspecified atom stereocenters. The van der Waals surface area contributed by atoms with Crippen LogP contribution in [0, 0.1) is 11.3 Å². The molecule has 2 aromatic heterocycles. The van der Waals surface area contributed by atoms with E-state index in [0.29, 0.717) is 25.2 Å². The molecule has 148 valence electrons. The maximum absolute atomic E-state index is 13.2. The van der Waals surface area contributed by atoms with Crippen molar-refractivity contribution in [3.05, 3.63) is 66.1 Å². The first kappa shape index (κ1) is 17.9. The molecule has 0 radical (unpaired) electrons. The van der Waals surface area contributed by atoms with Crippen molar-refractivity contribution < 1.29 is 9.59 Å². The van der Waals surface area contributed by atoms with Gasteiger partial charge in [0.05, 0.1) is 18.2 Å². The molecule has 3 heterocycles. The fourth-order valence-corrected chi connectivity index (χ4v) is 4.79. The van der Waals surface area contributed by atoms with Gasteiger partial charge in [0.2, 0.25) is 5.91 Å². The predicted octanol–water partition coefficient (Wildman–Crippen LogP) is 3.12. The first-order valence-electron chi connectivity index (χ1n) is 10.2. The van der Waals surface area contributed by atoms with E-state index in [2.05, 4.69) is 15.3 Å². The summed E-state index contributed by atoms with van der Waals surface area (Å²) in [6.45, 7) is 1.57. The van der Waals surface area contributed by atoms with E-state index in [1.807, 2.05) is 53.6 Å². The van der Waals surface area contributed by atoms with E-state index in [4.69, 9.17) is 0 Å². The summed E-state index contributed by atoms with van der Waals surface area (Å²) in [5.41, 5.74) is 2.40. The second kappa shape index (κ2) is 7.03. The van der Waals surface area contributed by atoms with Crippen LogP contribution in [0.5, 0.6) is 0 Å². The van der Waals surface area contributed by atoms with Gasteiger partial charge in [-0.25, -0.2) is 0 Å². The summed E-state index contributed by atoms with van der Waals surface area (Å²) in [6, 6.07) is 13.4. The molecule has 1 aromatic carbocycles. The number of aromatic amines is 1. The molecular formula is C23H24N4O2. The number of hydrogen-bond acceptors (Lipinski definition) is 3. The fraction of sp³-hybridized carbons (Fsp3) is 0.348. The van der Waals surface area contributed by atoms with Crippen LogP contribution in [0.4, 0.5) is 0 Å². The molecule has 2 amide bonds. The second-order valence-corrected chi connectivity index (χ2v) is 8.27. The summed E-state index contributed by atoms with van der Waals surface area (Å²) in [6.07, 6.45) is 6.74. The number of nitrogens with zero attached hydrogens (tertiary/aromatic N) is 2. The van der Waals surface area contributed by atoms with E-state index in [0.717, 1.165) is 35.9 Å². The lowest BCUT2D eigenvalue weighted by molar-refractivity contribution is -0.129. The van der Waals surface area contributed by atoms with Crippen LogP contribution in [-0.2, 0) is 11.3 Å². The molecule has 3 aromatic rings. The van der Waals surface area contributed by atoms with Crippen LogP contribution in [-0.4, -0.2) is 39.8 Å². The van der Waals surface area contributed by atoms with E-state index in [9.17, 15) is 9.59 Å². The van der Waals surface area contributed by atoms with Crippen LogP contribution in [0.3, 0.4) is 0 Å². The number of carbonyl (C=O) groups is 2. The van der Waals surface area contributed by atoms with E-state index < -0.39 is 0 Å². The number of aromatic nitrogens is 2. The molecule has 1 atom stereocenters. The lowest BCUT2D eigenvalue weighted by Crippen LogP contribution is -2.45. The lowest BCUT2D eigenvalue weighted by atomic mass is 9.62. The van der Waals surface area contributed by atoms with Gasteiger partial charge in [-0.1, -0.05) is 18.6 Å². The number of benzene rings is 1. The Morgan fingerprint density at radius 1 is 1.21 bits per heavy atom. The average Bonchev–Trinajstić information content (AvgIpc) is 3.36. The molecule has 2 aliphatic rings. The van der Waals surface area contributed by atoms with Gasteiger partial charge in [0.1, 0.15) is 0 Å². The number of likely N-dealkylation sites (tertiary alicyclic amines) is 1. The molecule has 6 nitrogen and oxygen atoms in total. The normalized spacial score (nSPS) is 20.0. The number of H-pyrrole nitrogens is 1. The van der Waals surface area contributed by atoms with Gasteiger partial charge in [-0.05, 0) is 48.6 Å². The zero-order valence-corrected chi connectivity index (χ0v) is 16.2. The van der Waals surface area contributed by atoms with Crippen molar-refractivity contribution in [2.75, 3.05) is 13.1 Å². The van der Waals surface area contributed by atoms with Gasteiger partial charge in [-0.2, -0.15) is 0 Å². The van der Waals surface area contributed by atoms with Gasteiger partial charge in [0.15, 0.2) is 0 Å². The minimum atomic E-state index is -0.155. The molecule has 6 heteroatoms. The maximum atomic E-state index is 13.2. The van der Waals surface area contributed by atoms with Crippen molar-refractivity contribution >= 4 is 22.7 Å². The minimum absolute atomic E-state index is 0.00722. The molecular weight excluding hydrogens is 364 g/mol. The predicted molar refractivity (Wildman–Crippen MR) is 110 cm³/mol. The second-order valence-electron chi connectivity index (χ2n) is 8.27. The van der Waals surface area contributed by atoms with E-state index in [-0.39, 0.29) is 23.1 Å². The third-order valence-electron chi connectivity index (χ3n) is 6.57. The molecule has 29 heavy (non-hydrogen) atoms. The third kappa shape index (κ3) is 3.18. The molecule has 1 aliphatic carbocycles. The summed E-state index contributed by atoms with van der Waals surface area (Å²) in [5, 5.41) is 4.13. The van der Waals surface area contributed by atoms with Crippen LogP contribution in [0.1, 0.15) is 35.3 Å². The first-order chi connectivity index (χ1) is 14.1. The highest BCUT2D eigenvalue weighted by Crippen LogP contribution is 2.52. The Hall–Kier alpha value is -3.15. The van der Waals surface area contributed by atoms with Crippen LogP contribution in [0.2, 0.25) is 0 Å². The summed E-state index contributed by atoms with van der Waals surface area (Å²) < 4.78 is 0. The third-order valence-corrected chi connectivity index (χ3v) is 6.57. The highest BCUT2D eigenvalue weighted by atomic mass is 16.2. The fourth-order valence-electron chi connectivity index (χ4n) is 4.79. The summed E-state index contributed by atoms with van der Waals surface area (Å²) in [5.74, 6) is -0.114. The summed E-state index contributed by atoms with van der Waals surface area (Å²) >= 11 is 0. The largest absolute Gasteiger partial charge is 0.361 e. The average molecular weight is 388 g/mol. The molecule has 1 aliphatic heterocycles. The first-order valence-corrected chi connectivity index (χ1v) is 10.2. The van der Waals surface area contributed by atoms with Gasteiger partial charge in [0.25, 0.3) is 5.91 Å². The molecule has 0 bridgehead atoms.